The fourth-order valence-electron chi connectivity index (χ4n) is 1.97. The molecule has 92 valence electrons. The van der Waals surface area contributed by atoms with Crippen LogP contribution in [0.5, 0.6) is 0 Å². The molecule has 2 nitrogen and oxygen atoms in total. The molecule has 0 aromatic carbocycles. The van der Waals surface area contributed by atoms with Gasteiger partial charge >= 0.3 is 0 Å². The van der Waals surface area contributed by atoms with Gasteiger partial charge in [-0.25, -0.2) is 0 Å². The number of furan rings is 1. The monoisotopic (exact) mass is 313 g/mol. The minimum absolute atomic E-state index is 0.151. The predicted octanol–water partition coefficient (Wildman–Crippen LogP) is 4.42. The van der Waals surface area contributed by atoms with Crippen LogP contribution in [0.1, 0.15) is 34.7 Å². The Kier molecular flexibility index (Phi) is 4.07. The van der Waals surface area contributed by atoms with Crippen molar-refractivity contribution in [3.05, 3.63) is 43.9 Å². The van der Waals surface area contributed by atoms with Gasteiger partial charge in [-0.3, -0.25) is 0 Å². The molecule has 17 heavy (non-hydrogen) atoms. The van der Waals surface area contributed by atoms with E-state index in [0.717, 1.165) is 16.1 Å². The van der Waals surface area contributed by atoms with E-state index in [1.165, 1.54) is 16.0 Å². The van der Waals surface area contributed by atoms with Crippen molar-refractivity contribution in [1.82, 2.24) is 5.32 Å². The Bertz CT molecular complexity index is 503. The van der Waals surface area contributed by atoms with Crippen molar-refractivity contribution in [3.63, 3.8) is 0 Å². The van der Waals surface area contributed by atoms with E-state index in [0.29, 0.717) is 0 Å². The third-order valence-corrected chi connectivity index (χ3v) is 4.38. The van der Waals surface area contributed by atoms with Crippen LogP contribution in [0.2, 0.25) is 0 Å². The number of halogens is 1. The van der Waals surface area contributed by atoms with E-state index in [9.17, 15) is 0 Å². The largest absolute Gasteiger partial charge is 0.467 e. The SMILES string of the molecule is CCNC(c1cc(Br)sc1C)c1occc1C. The van der Waals surface area contributed by atoms with Gasteiger partial charge in [-0.1, -0.05) is 6.92 Å². The average molecular weight is 314 g/mol. The van der Waals surface area contributed by atoms with Gasteiger partial charge in [0.1, 0.15) is 5.76 Å². The Morgan fingerprint density at radius 3 is 2.71 bits per heavy atom. The molecule has 0 bridgehead atoms. The highest BCUT2D eigenvalue weighted by Crippen LogP contribution is 2.34. The molecule has 0 aliphatic rings. The third kappa shape index (κ3) is 2.64. The van der Waals surface area contributed by atoms with Gasteiger partial charge in [0.2, 0.25) is 0 Å². The molecule has 2 heterocycles. The molecule has 0 radical (unpaired) electrons. The Morgan fingerprint density at radius 1 is 1.47 bits per heavy atom. The van der Waals surface area contributed by atoms with Gasteiger partial charge in [-0.15, -0.1) is 11.3 Å². The smallest absolute Gasteiger partial charge is 0.128 e. The van der Waals surface area contributed by atoms with Crippen LogP contribution >= 0.6 is 27.3 Å². The van der Waals surface area contributed by atoms with Crippen molar-refractivity contribution in [3.8, 4) is 0 Å². The van der Waals surface area contributed by atoms with Crippen molar-refractivity contribution in [2.24, 2.45) is 0 Å². The molecule has 0 saturated carbocycles. The summed E-state index contributed by atoms with van der Waals surface area (Å²) < 4.78 is 6.79. The van der Waals surface area contributed by atoms with Crippen LogP contribution in [0, 0.1) is 13.8 Å². The quantitative estimate of drug-likeness (QED) is 0.904. The standard InChI is InChI=1S/C13H16BrNOS/c1-4-15-12(13-8(2)5-6-16-13)10-7-11(14)17-9(10)3/h5-7,12,15H,4H2,1-3H3. The maximum atomic E-state index is 5.62. The number of rotatable bonds is 4. The first-order valence-corrected chi connectivity index (χ1v) is 7.27. The van der Waals surface area contributed by atoms with Crippen LogP contribution in [0.25, 0.3) is 0 Å². The highest BCUT2D eigenvalue weighted by atomic mass is 79.9. The van der Waals surface area contributed by atoms with Crippen LogP contribution in [-0.4, -0.2) is 6.54 Å². The molecule has 2 rings (SSSR count). The number of nitrogens with one attached hydrogen (secondary N) is 1. The zero-order chi connectivity index (χ0) is 12.4. The first-order valence-electron chi connectivity index (χ1n) is 5.66. The predicted molar refractivity (Wildman–Crippen MR) is 75.7 cm³/mol. The van der Waals surface area contributed by atoms with E-state index in [1.807, 2.05) is 6.07 Å². The molecule has 2 aromatic heterocycles. The normalized spacial score (nSPS) is 12.9. The number of hydrogen-bond acceptors (Lipinski definition) is 3. The minimum atomic E-state index is 0.151. The molecule has 1 N–H and O–H groups in total. The van der Waals surface area contributed by atoms with Gasteiger partial charge < -0.3 is 9.73 Å². The van der Waals surface area contributed by atoms with Gasteiger partial charge in [0, 0.05) is 4.88 Å². The van der Waals surface area contributed by atoms with Crippen LogP contribution < -0.4 is 5.32 Å². The molecule has 0 fully saturated rings. The van der Waals surface area contributed by atoms with Crippen LogP contribution in [0.4, 0.5) is 0 Å². The highest BCUT2D eigenvalue weighted by Gasteiger charge is 2.21. The average Bonchev–Trinajstić information content (AvgIpc) is 2.82. The third-order valence-electron chi connectivity index (χ3n) is 2.81. The lowest BCUT2D eigenvalue weighted by Gasteiger charge is -2.16. The molecule has 1 unspecified atom stereocenters. The summed E-state index contributed by atoms with van der Waals surface area (Å²) >= 11 is 5.31. The van der Waals surface area contributed by atoms with Gasteiger partial charge in [0.25, 0.3) is 0 Å². The summed E-state index contributed by atoms with van der Waals surface area (Å²) in [6.45, 7) is 7.26. The van der Waals surface area contributed by atoms with Crippen molar-refractivity contribution < 1.29 is 4.42 Å². The second-order valence-electron chi connectivity index (χ2n) is 4.02. The zero-order valence-corrected chi connectivity index (χ0v) is 12.6. The summed E-state index contributed by atoms with van der Waals surface area (Å²) in [7, 11) is 0. The first kappa shape index (κ1) is 12.9. The fraction of sp³-hybridized carbons (Fsp3) is 0.385. The second-order valence-corrected chi connectivity index (χ2v) is 6.66. The highest BCUT2D eigenvalue weighted by molar-refractivity contribution is 9.11. The summed E-state index contributed by atoms with van der Waals surface area (Å²) in [5.41, 5.74) is 2.49. The van der Waals surface area contributed by atoms with Gasteiger partial charge in [0.05, 0.1) is 16.1 Å². The van der Waals surface area contributed by atoms with E-state index in [2.05, 4.69) is 48.1 Å². The van der Waals surface area contributed by atoms with Crippen molar-refractivity contribution >= 4 is 27.3 Å². The van der Waals surface area contributed by atoms with E-state index in [-0.39, 0.29) is 6.04 Å². The topological polar surface area (TPSA) is 25.2 Å². The van der Waals surface area contributed by atoms with Crippen molar-refractivity contribution in [2.75, 3.05) is 6.54 Å². The number of aryl methyl sites for hydroxylation is 2. The van der Waals surface area contributed by atoms with E-state index < -0.39 is 0 Å². The molecule has 0 spiro atoms. The zero-order valence-electron chi connectivity index (χ0n) is 10.2. The lowest BCUT2D eigenvalue weighted by Crippen LogP contribution is -2.22. The van der Waals surface area contributed by atoms with Crippen LogP contribution in [0.3, 0.4) is 0 Å². The summed E-state index contributed by atoms with van der Waals surface area (Å²) in [6.07, 6.45) is 1.76. The van der Waals surface area contributed by atoms with Gasteiger partial charge in [-0.2, -0.15) is 0 Å². The first-order chi connectivity index (χ1) is 8.13. The van der Waals surface area contributed by atoms with E-state index in [1.54, 1.807) is 17.6 Å². The van der Waals surface area contributed by atoms with Gasteiger partial charge in [0.15, 0.2) is 0 Å². The van der Waals surface area contributed by atoms with Crippen LogP contribution in [-0.2, 0) is 0 Å². The second kappa shape index (κ2) is 5.38. The lowest BCUT2D eigenvalue weighted by molar-refractivity contribution is 0.449. The van der Waals surface area contributed by atoms with Gasteiger partial charge in [-0.05, 0) is 59.6 Å². The Morgan fingerprint density at radius 2 is 2.24 bits per heavy atom. The minimum Gasteiger partial charge on any atom is -0.467 e. The maximum Gasteiger partial charge on any atom is 0.128 e. The van der Waals surface area contributed by atoms with E-state index in [4.69, 9.17) is 4.42 Å². The molecular weight excluding hydrogens is 298 g/mol. The van der Waals surface area contributed by atoms with E-state index >= 15 is 0 Å². The molecule has 0 saturated heterocycles. The van der Waals surface area contributed by atoms with Crippen LogP contribution in [0.15, 0.2) is 26.6 Å². The number of thiophene rings is 1. The maximum absolute atomic E-state index is 5.62. The molecule has 0 amide bonds. The molecule has 1 atom stereocenters. The van der Waals surface area contributed by atoms with Crippen molar-refractivity contribution in [1.29, 1.82) is 0 Å². The molecule has 0 aliphatic heterocycles. The molecule has 0 aliphatic carbocycles. The van der Waals surface area contributed by atoms with Crippen molar-refractivity contribution in [2.45, 2.75) is 26.8 Å². The molecule has 4 heteroatoms. The Balaban J connectivity index is 2.42. The fourth-order valence-corrected chi connectivity index (χ4v) is 3.72. The summed E-state index contributed by atoms with van der Waals surface area (Å²) in [4.78, 5) is 1.32. The summed E-state index contributed by atoms with van der Waals surface area (Å²) in [5, 5.41) is 3.49. The Labute approximate surface area is 114 Å². The molecular formula is C13H16BrNOS. The number of hydrogen-bond donors (Lipinski definition) is 1. The lowest BCUT2D eigenvalue weighted by atomic mass is 10.0. The summed E-state index contributed by atoms with van der Waals surface area (Å²) in [5.74, 6) is 1.01. The Hall–Kier alpha value is -0.580. The molecule has 2 aromatic rings. The summed E-state index contributed by atoms with van der Waals surface area (Å²) in [6, 6.07) is 4.34.